The second kappa shape index (κ2) is 10.7. The lowest BCUT2D eigenvalue weighted by Gasteiger charge is -2.31. The van der Waals surface area contributed by atoms with Crippen LogP contribution in [0.25, 0.3) is 0 Å². The molecule has 0 heterocycles. The molecule has 0 amide bonds. The summed E-state index contributed by atoms with van der Waals surface area (Å²) in [5, 5.41) is 10.1. The number of nitrogens with one attached hydrogen (secondary N) is 1. The molecule has 3 nitrogen and oxygen atoms in total. The van der Waals surface area contributed by atoms with Gasteiger partial charge in [0.15, 0.2) is 0 Å². The lowest BCUT2D eigenvalue weighted by Crippen LogP contribution is -2.35. The molecule has 0 fully saturated rings. The molecule has 19 heavy (non-hydrogen) atoms. The molecule has 0 aromatic carbocycles. The highest BCUT2D eigenvalue weighted by molar-refractivity contribution is 5.81. The Morgan fingerprint density at radius 3 is 2.47 bits per heavy atom. The summed E-state index contributed by atoms with van der Waals surface area (Å²) in [7, 11) is 1.93. The number of allylic oxidation sites excluding steroid dienone is 1. The Kier molecular flexibility index (Phi) is 9.95. The summed E-state index contributed by atoms with van der Waals surface area (Å²) >= 11 is 0. The van der Waals surface area contributed by atoms with E-state index in [9.17, 15) is 0 Å². The average molecular weight is 265 g/mol. The molecule has 0 aliphatic heterocycles. The lowest BCUT2D eigenvalue weighted by atomic mass is 10.0. The van der Waals surface area contributed by atoms with Gasteiger partial charge in [-0.15, -0.1) is 0 Å². The molecular weight excluding hydrogens is 234 g/mol. The quantitative estimate of drug-likeness (QED) is 0.390. The molecule has 0 saturated carbocycles. The molecule has 0 aliphatic carbocycles. The molecule has 2 unspecified atom stereocenters. The summed E-state index contributed by atoms with van der Waals surface area (Å²) in [6.45, 7) is 11.7. The molecule has 2 atom stereocenters. The highest BCUT2D eigenvalue weighted by atomic mass is 15.5. The Morgan fingerprint density at radius 2 is 2.00 bits per heavy atom. The maximum atomic E-state index is 4.78. The number of hydrazone groups is 1. The zero-order valence-electron chi connectivity index (χ0n) is 13.5. The van der Waals surface area contributed by atoms with Crippen molar-refractivity contribution >= 4 is 5.71 Å². The van der Waals surface area contributed by atoms with Crippen LogP contribution in [0.15, 0.2) is 29.5 Å². The van der Waals surface area contributed by atoms with Gasteiger partial charge in [0, 0.05) is 25.2 Å². The molecule has 0 radical (unpaired) electrons. The van der Waals surface area contributed by atoms with Crippen molar-refractivity contribution in [2.45, 2.75) is 53.5 Å². The number of rotatable bonds is 9. The molecule has 1 N–H and O–H groups in total. The standard InChI is InChI=1S/C16H31N3/c1-7-10-16(14(4)11-12-17-6)19(13-8-2)18-15(5)9-3/h7,10-12,14,16-17H,8-9,13H2,1-6H3/b10-7-,12-11+,18-15+. The van der Waals surface area contributed by atoms with Crippen LogP contribution in [0.2, 0.25) is 0 Å². The van der Waals surface area contributed by atoms with E-state index < -0.39 is 0 Å². The molecule has 0 bridgehead atoms. The summed E-state index contributed by atoms with van der Waals surface area (Å²) in [6, 6.07) is 0.316. The van der Waals surface area contributed by atoms with E-state index in [1.54, 1.807) is 0 Å². The van der Waals surface area contributed by atoms with Gasteiger partial charge < -0.3 is 5.32 Å². The van der Waals surface area contributed by atoms with Gasteiger partial charge in [0.1, 0.15) is 0 Å². The van der Waals surface area contributed by atoms with Gasteiger partial charge in [-0.3, -0.25) is 5.01 Å². The molecule has 110 valence electrons. The van der Waals surface area contributed by atoms with E-state index in [0.717, 1.165) is 19.4 Å². The second-order valence-electron chi connectivity index (χ2n) is 4.88. The first-order chi connectivity index (χ1) is 9.10. The highest BCUT2D eigenvalue weighted by Crippen LogP contribution is 2.16. The fourth-order valence-corrected chi connectivity index (χ4v) is 1.89. The monoisotopic (exact) mass is 265 g/mol. The summed E-state index contributed by atoms with van der Waals surface area (Å²) in [6.07, 6.45) is 10.7. The first kappa shape index (κ1) is 17.8. The third-order valence-corrected chi connectivity index (χ3v) is 3.10. The molecule has 0 saturated heterocycles. The smallest absolute Gasteiger partial charge is 0.0711 e. The topological polar surface area (TPSA) is 27.6 Å². The van der Waals surface area contributed by atoms with Gasteiger partial charge in [0.2, 0.25) is 0 Å². The van der Waals surface area contributed by atoms with E-state index in [2.05, 4.69) is 63.2 Å². The fourth-order valence-electron chi connectivity index (χ4n) is 1.89. The van der Waals surface area contributed by atoms with Crippen molar-refractivity contribution in [3.63, 3.8) is 0 Å². The maximum Gasteiger partial charge on any atom is 0.0711 e. The van der Waals surface area contributed by atoms with Crippen LogP contribution in [-0.4, -0.2) is 30.4 Å². The highest BCUT2D eigenvalue weighted by Gasteiger charge is 2.18. The predicted molar refractivity (Wildman–Crippen MR) is 86.4 cm³/mol. The fraction of sp³-hybridized carbons (Fsp3) is 0.688. The largest absolute Gasteiger partial charge is 0.394 e. The van der Waals surface area contributed by atoms with Crippen molar-refractivity contribution in [3.05, 3.63) is 24.4 Å². The van der Waals surface area contributed by atoms with Gasteiger partial charge in [-0.25, -0.2) is 0 Å². The summed E-state index contributed by atoms with van der Waals surface area (Å²) < 4.78 is 0. The van der Waals surface area contributed by atoms with Crippen molar-refractivity contribution in [1.29, 1.82) is 0 Å². The van der Waals surface area contributed by atoms with Gasteiger partial charge in [-0.05, 0) is 32.9 Å². The van der Waals surface area contributed by atoms with E-state index in [0.29, 0.717) is 12.0 Å². The minimum absolute atomic E-state index is 0.316. The van der Waals surface area contributed by atoms with Crippen LogP contribution in [0.3, 0.4) is 0 Å². The Labute approximate surface area is 119 Å². The van der Waals surface area contributed by atoms with Crippen LogP contribution in [0.5, 0.6) is 0 Å². The first-order valence-corrected chi connectivity index (χ1v) is 7.38. The zero-order valence-corrected chi connectivity index (χ0v) is 13.5. The molecule has 0 aliphatic rings. The number of hydrogen-bond donors (Lipinski definition) is 1. The summed E-state index contributed by atoms with van der Waals surface area (Å²) in [4.78, 5) is 0. The molecular formula is C16H31N3. The Bertz CT molecular complexity index is 305. The van der Waals surface area contributed by atoms with Gasteiger partial charge in [-0.1, -0.05) is 39.0 Å². The Hall–Kier alpha value is -1.25. The number of hydrogen-bond acceptors (Lipinski definition) is 3. The van der Waals surface area contributed by atoms with Gasteiger partial charge in [-0.2, -0.15) is 5.10 Å². The van der Waals surface area contributed by atoms with Crippen molar-refractivity contribution in [1.82, 2.24) is 10.3 Å². The van der Waals surface area contributed by atoms with Crippen LogP contribution in [0, 0.1) is 5.92 Å². The molecule has 0 aromatic heterocycles. The van der Waals surface area contributed by atoms with Crippen molar-refractivity contribution in [2.24, 2.45) is 11.0 Å². The molecule has 0 spiro atoms. The van der Waals surface area contributed by atoms with Crippen LogP contribution in [0.4, 0.5) is 0 Å². The van der Waals surface area contributed by atoms with Crippen molar-refractivity contribution < 1.29 is 0 Å². The zero-order chi connectivity index (χ0) is 14.7. The SMILES string of the molecule is C/C=C\C(C(C)/C=C/NC)N(CCC)/N=C(\C)CC. The van der Waals surface area contributed by atoms with Gasteiger partial charge in [0.25, 0.3) is 0 Å². The maximum absolute atomic E-state index is 4.78. The van der Waals surface area contributed by atoms with E-state index in [-0.39, 0.29) is 0 Å². The van der Waals surface area contributed by atoms with Crippen LogP contribution >= 0.6 is 0 Å². The molecule has 3 heteroatoms. The van der Waals surface area contributed by atoms with E-state index in [4.69, 9.17) is 5.10 Å². The van der Waals surface area contributed by atoms with Crippen LogP contribution in [-0.2, 0) is 0 Å². The molecule has 0 aromatic rings. The lowest BCUT2D eigenvalue weighted by molar-refractivity contribution is 0.208. The normalized spacial score (nSPS) is 16.0. The predicted octanol–water partition coefficient (Wildman–Crippen LogP) is 3.80. The summed E-state index contributed by atoms with van der Waals surface area (Å²) in [5.41, 5.74) is 1.19. The summed E-state index contributed by atoms with van der Waals surface area (Å²) in [5.74, 6) is 0.420. The van der Waals surface area contributed by atoms with Crippen LogP contribution in [0.1, 0.15) is 47.5 Å². The van der Waals surface area contributed by atoms with Gasteiger partial charge >= 0.3 is 0 Å². The van der Waals surface area contributed by atoms with Crippen molar-refractivity contribution in [2.75, 3.05) is 13.6 Å². The van der Waals surface area contributed by atoms with E-state index in [1.807, 2.05) is 13.2 Å². The molecule has 0 rings (SSSR count). The third kappa shape index (κ3) is 7.04. The Balaban J connectivity index is 5.10. The Morgan fingerprint density at radius 1 is 1.32 bits per heavy atom. The number of nitrogens with zero attached hydrogens (tertiary/aromatic N) is 2. The third-order valence-electron chi connectivity index (χ3n) is 3.10. The van der Waals surface area contributed by atoms with Crippen LogP contribution < -0.4 is 5.32 Å². The minimum atomic E-state index is 0.316. The van der Waals surface area contributed by atoms with Gasteiger partial charge in [0.05, 0.1) is 6.04 Å². The second-order valence-corrected chi connectivity index (χ2v) is 4.88. The van der Waals surface area contributed by atoms with Crippen molar-refractivity contribution in [3.8, 4) is 0 Å². The van der Waals surface area contributed by atoms with E-state index >= 15 is 0 Å². The average Bonchev–Trinajstić information content (AvgIpc) is 2.41. The minimum Gasteiger partial charge on any atom is -0.394 e. The van der Waals surface area contributed by atoms with E-state index in [1.165, 1.54) is 5.71 Å². The first-order valence-electron chi connectivity index (χ1n) is 7.38.